The van der Waals surface area contributed by atoms with Crippen LogP contribution in [-0.2, 0) is 22.8 Å². The number of rotatable bonds is 6. The number of aromatic amines is 1. The van der Waals surface area contributed by atoms with E-state index in [1.165, 1.54) is 11.1 Å². The quantitative estimate of drug-likeness (QED) is 0.290. The predicted molar refractivity (Wildman–Crippen MR) is 166 cm³/mol. The topological polar surface area (TPSA) is 108 Å². The molecule has 0 spiro atoms. The molecule has 1 N–H and O–H groups in total. The van der Waals surface area contributed by atoms with Crippen LogP contribution in [0.4, 0.5) is 0 Å². The van der Waals surface area contributed by atoms with Gasteiger partial charge in [0.1, 0.15) is 11.3 Å². The number of sulfone groups is 1. The molecule has 1 amide bonds. The Morgan fingerprint density at radius 1 is 1.02 bits per heavy atom. The van der Waals surface area contributed by atoms with Crippen LogP contribution in [0.3, 0.4) is 0 Å². The van der Waals surface area contributed by atoms with Crippen LogP contribution in [0.25, 0.3) is 33.4 Å². The first-order chi connectivity index (χ1) is 20.6. The minimum absolute atomic E-state index is 0.100. The van der Waals surface area contributed by atoms with E-state index in [1.54, 1.807) is 45.6 Å². The number of aromatic nitrogens is 3. The minimum Gasteiger partial charge on any atom is -0.496 e. The van der Waals surface area contributed by atoms with Crippen LogP contribution in [0.5, 0.6) is 5.75 Å². The van der Waals surface area contributed by atoms with Gasteiger partial charge >= 0.3 is 0 Å². The van der Waals surface area contributed by atoms with Crippen molar-refractivity contribution in [2.24, 2.45) is 0 Å². The summed E-state index contributed by atoms with van der Waals surface area (Å²) in [7, 11) is 3.06. The fourth-order valence-electron chi connectivity index (χ4n) is 5.58. The SMILES string of the molecule is COc1cc(-c2ccc(C)cc2S(=O)(=O)c2cnc3[nH]cc(-c4ccc(C(=O)N(C)C)cc4)c3n2)cc2c1CN(C)CC2. The maximum Gasteiger partial charge on any atom is 0.253 e. The van der Waals surface area contributed by atoms with Gasteiger partial charge in [-0.2, -0.15) is 0 Å². The standard InChI is InChI=1S/C33H33N5O4S/c1-20-6-11-25(24-15-23-12-13-38(4)19-27(23)28(16-24)42-5)29(14-20)43(40,41)30-18-35-32-31(36-30)26(17-34-32)21-7-9-22(10-8-21)33(39)37(2)3/h6-11,14-18H,12-13,19H2,1-5H3,(H,34,35). The maximum atomic E-state index is 14.3. The van der Waals surface area contributed by atoms with Crippen LogP contribution >= 0.6 is 0 Å². The summed E-state index contributed by atoms with van der Waals surface area (Å²) < 4.78 is 34.3. The second-order valence-electron chi connectivity index (χ2n) is 11.2. The van der Waals surface area contributed by atoms with E-state index in [0.717, 1.165) is 53.1 Å². The monoisotopic (exact) mass is 595 g/mol. The summed E-state index contributed by atoms with van der Waals surface area (Å²) in [4.78, 5) is 28.4. The van der Waals surface area contributed by atoms with Gasteiger partial charge in [-0.1, -0.05) is 30.3 Å². The molecule has 1 aliphatic heterocycles. The van der Waals surface area contributed by atoms with E-state index in [2.05, 4.69) is 33.0 Å². The summed E-state index contributed by atoms with van der Waals surface area (Å²) in [6.07, 6.45) is 3.90. The van der Waals surface area contributed by atoms with E-state index in [4.69, 9.17) is 4.74 Å². The van der Waals surface area contributed by atoms with Crippen molar-refractivity contribution in [3.05, 3.63) is 89.2 Å². The lowest BCUT2D eigenvalue weighted by Crippen LogP contribution is -2.27. The lowest BCUT2D eigenvalue weighted by Gasteiger charge is -2.27. The summed E-state index contributed by atoms with van der Waals surface area (Å²) in [5.41, 5.74) is 7.41. The van der Waals surface area contributed by atoms with Crippen molar-refractivity contribution in [3.63, 3.8) is 0 Å². The highest BCUT2D eigenvalue weighted by atomic mass is 32.2. The molecule has 0 atom stereocenters. The molecule has 2 aromatic heterocycles. The Morgan fingerprint density at radius 3 is 2.51 bits per heavy atom. The van der Waals surface area contributed by atoms with Crippen molar-refractivity contribution in [2.45, 2.75) is 29.8 Å². The molecular weight excluding hydrogens is 562 g/mol. The summed E-state index contributed by atoms with van der Waals surface area (Å²) >= 11 is 0. The lowest BCUT2D eigenvalue weighted by molar-refractivity contribution is 0.0827. The van der Waals surface area contributed by atoms with Crippen LogP contribution < -0.4 is 4.74 Å². The first-order valence-corrected chi connectivity index (χ1v) is 15.5. The van der Waals surface area contributed by atoms with Crippen molar-refractivity contribution in [2.75, 3.05) is 34.8 Å². The number of aryl methyl sites for hydroxylation is 1. The van der Waals surface area contributed by atoms with Crippen molar-refractivity contribution in [3.8, 4) is 28.0 Å². The molecule has 5 aromatic rings. The smallest absolute Gasteiger partial charge is 0.253 e. The van der Waals surface area contributed by atoms with Crippen molar-refractivity contribution in [1.29, 1.82) is 0 Å². The predicted octanol–water partition coefficient (Wildman–Crippen LogP) is 5.13. The fourth-order valence-corrected chi connectivity index (χ4v) is 7.03. The highest BCUT2D eigenvalue weighted by molar-refractivity contribution is 7.91. The number of carbonyl (C=O) groups excluding carboxylic acids is 1. The average Bonchev–Trinajstić information content (AvgIpc) is 3.43. The number of hydrogen-bond acceptors (Lipinski definition) is 7. The van der Waals surface area contributed by atoms with Gasteiger partial charge in [-0.05, 0) is 66.9 Å². The van der Waals surface area contributed by atoms with E-state index in [-0.39, 0.29) is 15.8 Å². The van der Waals surface area contributed by atoms with Gasteiger partial charge in [-0.25, -0.2) is 18.4 Å². The summed E-state index contributed by atoms with van der Waals surface area (Å²) in [5.74, 6) is 0.649. The number of carbonyl (C=O) groups is 1. The number of ether oxygens (including phenoxy) is 1. The van der Waals surface area contributed by atoms with Gasteiger partial charge in [0.25, 0.3) is 5.91 Å². The molecule has 43 heavy (non-hydrogen) atoms. The molecule has 1 aliphatic rings. The second-order valence-corrected chi connectivity index (χ2v) is 13.1. The summed E-state index contributed by atoms with van der Waals surface area (Å²) in [6.45, 7) is 3.57. The zero-order valence-electron chi connectivity index (χ0n) is 24.8. The van der Waals surface area contributed by atoms with E-state index < -0.39 is 9.84 Å². The number of nitrogens with zero attached hydrogens (tertiary/aromatic N) is 4. The number of hydrogen-bond donors (Lipinski definition) is 1. The lowest BCUT2D eigenvalue weighted by atomic mass is 9.93. The van der Waals surface area contributed by atoms with Crippen LogP contribution in [0.2, 0.25) is 0 Å². The molecule has 0 saturated carbocycles. The minimum atomic E-state index is -4.07. The Bertz CT molecular complexity index is 1960. The third kappa shape index (κ3) is 5.17. The molecule has 10 heteroatoms. The zero-order valence-corrected chi connectivity index (χ0v) is 25.6. The Hall–Kier alpha value is -4.54. The van der Waals surface area contributed by atoms with E-state index in [0.29, 0.717) is 27.9 Å². The Balaban J connectivity index is 1.44. The number of nitrogens with one attached hydrogen (secondary N) is 1. The summed E-state index contributed by atoms with van der Waals surface area (Å²) in [6, 6.07) is 16.6. The van der Waals surface area contributed by atoms with Crippen LogP contribution in [0.15, 0.2) is 76.9 Å². The Kier molecular flexibility index (Phi) is 7.27. The normalized spacial score (nSPS) is 13.6. The number of benzene rings is 3. The third-order valence-electron chi connectivity index (χ3n) is 7.93. The Labute approximate surface area is 251 Å². The molecule has 6 rings (SSSR count). The van der Waals surface area contributed by atoms with Crippen LogP contribution in [-0.4, -0.2) is 73.9 Å². The van der Waals surface area contributed by atoms with Gasteiger partial charge in [-0.3, -0.25) is 4.79 Å². The highest BCUT2D eigenvalue weighted by Crippen LogP contribution is 2.38. The van der Waals surface area contributed by atoms with Gasteiger partial charge in [0.2, 0.25) is 9.84 Å². The number of amides is 1. The van der Waals surface area contributed by atoms with Crippen molar-refractivity contribution in [1.82, 2.24) is 24.8 Å². The molecule has 0 fully saturated rings. The molecule has 220 valence electrons. The third-order valence-corrected chi connectivity index (χ3v) is 9.60. The molecule has 0 aliphatic carbocycles. The maximum absolute atomic E-state index is 14.3. The molecule has 0 radical (unpaired) electrons. The van der Waals surface area contributed by atoms with Gasteiger partial charge < -0.3 is 19.5 Å². The number of H-pyrrole nitrogens is 1. The highest BCUT2D eigenvalue weighted by Gasteiger charge is 2.27. The molecule has 3 heterocycles. The van der Waals surface area contributed by atoms with Gasteiger partial charge in [0, 0.05) is 55.6 Å². The van der Waals surface area contributed by atoms with Crippen molar-refractivity contribution < 1.29 is 17.9 Å². The Morgan fingerprint density at radius 2 is 1.79 bits per heavy atom. The number of likely N-dealkylation sites (N-methyl/N-ethyl adjacent to an activating group) is 1. The summed E-state index contributed by atoms with van der Waals surface area (Å²) in [5, 5.41) is -0.140. The van der Waals surface area contributed by atoms with E-state index >= 15 is 0 Å². The molecule has 0 saturated heterocycles. The van der Waals surface area contributed by atoms with Gasteiger partial charge in [0.15, 0.2) is 10.7 Å². The van der Waals surface area contributed by atoms with E-state index in [1.807, 2.05) is 37.3 Å². The molecule has 3 aromatic carbocycles. The molecule has 0 unspecified atom stereocenters. The first kappa shape index (κ1) is 28.6. The van der Waals surface area contributed by atoms with E-state index in [9.17, 15) is 13.2 Å². The largest absolute Gasteiger partial charge is 0.496 e. The first-order valence-electron chi connectivity index (χ1n) is 14.0. The van der Waals surface area contributed by atoms with Gasteiger partial charge in [0.05, 0.1) is 18.2 Å². The van der Waals surface area contributed by atoms with Crippen molar-refractivity contribution >= 4 is 26.9 Å². The van der Waals surface area contributed by atoms with Gasteiger partial charge in [-0.15, -0.1) is 0 Å². The average molecular weight is 596 g/mol. The second kappa shape index (κ2) is 10.9. The zero-order chi connectivity index (χ0) is 30.5. The molecular formula is C33H33N5O4S. The number of methoxy groups -OCH3 is 1. The number of fused-ring (bicyclic) bond motifs is 2. The molecule has 9 nitrogen and oxygen atoms in total. The fraction of sp³-hybridized carbons (Fsp3) is 0.242. The molecule has 0 bridgehead atoms. The van der Waals surface area contributed by atoms with Crippen LogP contribution in [0.1, 0.15) is 27.0 Å². The van der Waals surface area contributed by atoms with Crippen LogP contribution in [0, 0.1) is 6.92 Å².